The lowest BCUT2D eigenvalue weighted by atomic mass is 9.83. The molecule has 3 aliphatic rings. The van der Waals surface area contributed by atoms with E-state index in [1.807, 2.05) is 0 Å². The summed E-state index contributed by atoms with van der Waals surface area (Å²) in [5.74, 6) is -0.990. The van der Waals surface area contributed by atoms with Crippen LogP contribution in [0.4, 0.5) is 8.78 Å². The fourth-order valence-corrected chi connectivity index (χ4v) is 5.51. The molecule has 2 saturated heterocycles. The van der Waals surface area contributed by atoms with Gasteiger partial charge in [-0.3, -0.25) is 9.98 Å². The van der Waals surface area contributed by atoms with Crippen LogP contribution in [0.3, 0.4) is 0 Å². The summed E-state index contributed by atoms with van der Waals surface area (Å²) in [5, 5.41) is 64.2. The number of aliphatic hydroxyl groups excluding tert-OH is 5. The van der Waals surface area contributed by atoms with Gasteiger partial charge in [0.1, 0.15) is 47.8 Å². The molecular weight excluding hydrogens is 596 g/mol. The van der Waals surface area contributed by atoms with Gasteiger partial charge in [-0.1, -0.05) is 0 Å². The molecule has 17 nitrogen and oxygen atoms in total. The number of amidine groups is 2. The Bertz CT molecular complexity index is 986. The second-order valence-electron chi connectivity index (χ2n) is 11.6. The summed E-state index contributed by atoms with van der Waals surface area (Å²) in [7, 11) is 1.51. The van der Waals surface area contributed by atoms with Crippen molar-refractivity contribution < 1.29 is 58.4 Å². The maximum absolute atomic E-state index is 13.1. The molecule has 0 amide bonds. The first kappa shape index (κ1) is 36.7. The predicted octanol–water partition coefficient (Wildman–Crippen LogP) is -5.20. The highest BCUT2D eigenvalue weighted by Crippen LogP contribution is 2.33. The summed E-state index contributed by atoms with van der Waals surface area (Å²) < 4.78 is 49.8. The zero-order chi connectivity index (χ0) is 32.9. The normalized spacial score (nSPS) is 42.3. The number of nitrogens with one attached hydrogen (secondary N) is 1. The molecular formula is C25H47F2N7O10. The van der Waals surface area contributed by atoms with E-state index in [9.17, 15) is 34.3 Å². The molecule has 0 aromatic heterocycles. The van der Waals surface area contributed by atoms with Crippen molar-refractivity contribution >= 4 is 11.7 Å². The number of aliphatic hydroxyl groups is 6. The third-order valence-corrected chi connectivity index (χ3v) is 8.06. The molecule has 44 heavy (non-hydrogen) atoms. The zero-order valence-corrected chi connectivity index (χ0v) is 24.6. The van der Waals surface area contributed by atoms with Crippen molar-refractivity contribution in [3.63, 3.8) is 0 Å². The highest BCUT2D eigenvalue weighted by Gasteiger charge is 2.51. The molecule has 2 heterocycles. The van der Waals surface area contributed by atoms with Gasteiger partial charge in [0.2, 0.25) is 0 Å². The van der Waals surface area contributed by atoms with Crippen molar-refractivity contribution in [3.8, 4) is 0 Å². The lowest BCUT2D eigenvalue weighted by Gasteiger charge is -2.48. The van der Waals surface area contributed by atoms with Crippen molar-refractivity contribution in [2.45, 2.75) is 118 Å². The Morgan fingerprint density at radius 1 is 1.05 bits per heavy atom. The van der Waals surface area contributed by atoms with Crippen LogP contribution < -0.4 is 28.3 Å². The minimum atomic E-state index is -3.23. The number of rotatable bonds is 12. The Balaban J connectivity index is 1.82. The van der Waals surface area contributed by atoms with Gasteiger partial charge < -0.3 is 77.8 Å². The van der Waals surface area contributed by atoms with Gasteiger partial charge in [0.05, 0.1) is 44.0 Å². The fraction of sp³-hybridized carbons (Fsp3) is 0.920. The molecule has 1 aliphatic carbocycles. The molecule has 8 unspecified atom stereocenters. The van der Waals surface area contributed by atoms with E-state index in [0.717, 1.165) is 0 Å². The first-order chi connectivity index (χ1) is 20.6. The summed E-state index contributed by atoms with van der Waals surface area (Å²) in [4.78, 5) is 8.02. The van der Waals surface area contributed by atoms with Gasteiger partial charge in [0.15, 0.2) is 18.7 Å². The fourth-order valence-electron chi connectivity index (χ4n) is 5.51. The Kier molecular flexibility index (Phi) is 13.1. The molecule has 256 valence electrons. The molecule has 0 radical (unpaired) electrons. The second kappa shape index (κ2) is 15.7. The van der Waals surface area contributed by atoms with E-state index in [1.54, 1.807) is 0 Å². The van der Waals surface area contributed by atoms with Crippen LogP contribution in [0.15, 0.2) is 9.98 Å². The van der Waals surface area contributed by atoms with Crippen LogP contribution in [-0.2, 0) is 18.9 Å². The number of ether oxygens (including phenoxy) is 4. The predicted molar refractivity (Wildman–Crippen MR) is 150 cm³/mol. The average molecular weight is 644 g/mol. The number of hydrogen-bond acceptors (Lipinski definition) is 15. The Morgan fingerprint density at radius 2 is 1.70 bits per heavy atom. The Morgan fingerprint density at radius 3 is 2.32 bits per heavy atom. The maximum Gasteiger partial charge on any atom is 0.271 e. The summed E-state index contributed by atoms with van der Waals surface area (Å²) in [6, 6.07) is -3.74. The topological polar surface area (TPSA) is 299 Å². The number of alkyl halides is 2. The van der Waals surface area contributed by atoms with Crippen molar-refractivity contribution in [3.05, 3.63) is 0 Å². The van der Waals surface area contributed by atoms with Gasteiger partial charge in [0, 0.05) is 6.04 Å². The molecule has 19 heteroatoms. The van der Waals surface area contributed by atoms with Crippen LogP contribution in [-0.4, -0.2) is 161 Å². The number of nitrogens with two attached hydrogens (primary N) is 4. The smallest absolute Gasteiger partial charge is 0.271 e. The van der Waals surface area contributed by atoms with E-state index < -0.39 is 104 Å². The number of aliphatic imine (C=N–C) groups is 2. The maximum atomic E-state index is 13.1. The van der Waals surface area contributed by atoms with Crippen LogP contribution >= 0.6 is 0 Å². The summed E-state index contributed by atoms with van der Waals surface area (Å²) in [6.45, 7) is 0.599. The van der Waals surface area contributed by atoms with E-state index in [-0.39, 0.29) is 25.4 Å². The van der Waals surface area contributed by atoms with Gasteiger partial charge in [0.25, 0.3) is 6.43 Å². The summed E-state index contributed by atoms with van der Waals surface area (Å²) in [5.41, 5.74) is 22.4. The first-order valence-electron chi connectivity index (χ1n) is 14.3. The summed E-state index contributed by atoms with van der Waals surface area (Å²) in [6.07, 6.45) is -15.0. The van der Waals surface area contributed by atoms with Crippen molar-refractivity contribution in [1.29, 1.82) is 0 Å². The van der Waals surface area contributed by atoms with Crippen LogP contribution in [0.5, 0.6) is 0 Å². The molecule has 0 bridgehead atoms. The standard InChI is InChI=1S/C25H47F2N7O10/c1-25(40)8-41-24(15(38)19(25)32-2)44-18-12(34-22(31)16(39)20(26)27)5-11(29)17(14(18)37)43-23-10(28)4-3-9(42-23)6-33-21(30)13(36)7-35/h9-20,23-24,32,35-40H,3-8,28-29H2,1-2H3,(H2,30,33)(H2,31,34)/t9-,10?,11-,12+,13?,14?,15?,16?,17?,18?,19+,23+,24+,25?/m0/s1. The number of likely N-dealkylation sites (N-methyl/N-ethyl adjacent to an activating group) is 1. The van der Waals surface area contributed by atoms with Crippen molar-refractivity contribution in [2.24, 2.45) is 32.9 Å². The van der Waals surface area contributed by atoms with Crippen LogP contribution in [0.2, 0.25) is 0 Å². The SMILES string of the molecule is CN[C@@H]1C(O)[C@@H](OC2C(O)C(O[C@H]3O[C@H](CN=C(N)C(O)CO)CCC3N)[C@@H](N)C[C@H]2N=C(N)C(O)C(F)F)OCC1(C)O. The van der Waals surface area contributed by atoms with E-state index in [4.69, 9.17) is 47.0 Å². The van der Waals surface area contributed by atoms with Crippen molar-refractivity contribution in [1.82, 2.24) is 5.32 Å². The molecule has 3 fully saturated rings. The first-order valence-corrected chi connectivity index (χ1v) is 14.3. The minimum Gasteiger partial charge on any atom is -0.393 e. The Labute approximate surface area is 253 Å². The third kappa shape index (κ3) is 8.75. The van der Waals surface area contributed by atoms with Gasteiger partial charge in [-0.25, -0.2) is 8.78 Å². The van der Waals surface area contributed by atoms with Gasteiger partial charge in [-0.2, -0.15) is 0 Å². The molecule has 3 rings (SSSR count). The molecule has 0 aromatic carbocycles. The van der Waals surface area contributed by atoms with E-state index in [2.05, 4.69) is 15.3 Å². The summed E-state index contributed by atoms with van der Waals surface area (Å²) >= 11 is 0. The lowest BCUT2D eigenvalue weighted by Crippen LogP contribution is -2.67. The van der Waals surface area contributed by atoms with Crippen LogP contribution in [0, 0.1) is 0 Å². The largest absolute Gasteiger partial charge is 0.393 e. The monoisotopic (exact) mass is 643 g/mol. The highest BCUT2D eigenvalue weighted by molar-refractivity contribution is 5.85. The molecule has 15 N–H and O–H groups in total. The zero-order valence-electron chi connectivity index (χ0n) is 24.6. The molecule has 1 saturated carbocycles. The third-order valence-electron chi connectivity index (χ3n) is 8.06. The molecule has 14 atom stereocenters. The van der Waals surface area contributed by atoms with Crippen LogP contribution in [0.25, 0.3) is 0 Å². The Hall–Kier alpha value is -1.72. The van der Waals surface area contributed by atoms with E-state index >= 15 is 0 Å². The molecule has 0 aromatic rings. The second-order valence-corrected chi connectivity index (χ2v) is 11.6. The van der Waals surface area contributed by atoms with Gasteiger partial charge in [-0.15, -0.1) is 0 Å². The van der Waals surface area contributed by atoms with Gasteiger partial charge in [-0.05, 0) is 33.2 Å². The van der Waals surface area contributed by atoms with Gasteiger partial charge >= 0.3 is 0 Å². The van der Waals surface area contributed by atoms with Crippen molar-refractivity contribution in [2.75, 3.05) is 26.8 Å². The van der Waals surface area contributed by atoms with E-state index in [1.165, 1.54) is 14.0 Å². The highest BCUT2D eigenvalue weighted by atomic mass is 19.3. The van der Waals surface area contributed by atoms with Crippen LogP contribution in [0.1, 0.15) is 26.2 Å². The number of nitrogens with zero attached hydrogens (tertiary/aromatic N) is 2. The van der Waals surface area contributed by atoms with E-state index in [0.29, 0.717) is 12.8 Å². The molecule has 2 aliphatic heterocycles. The quantitative estimate of drug-likeness (QED) is 0.0700. The number of hydrogen-bond donors (Lipinski definition) is 11. The average Bonchev–Trinajstić information content (AvgIpc) is 2.97. The number of halogens is 2. The minimum absolute atomic E-state index is 0.0241. The lowest BCUT2D eigenvalue weighted by molar-refractivity contribution is -0.306. The molecule has 0 spiro atoms.